The summed E-state index contributed by atoms with van der Waals surface area (Å²) >= 11 is 0. The fourth-order valence-electron chi connectivity index (χ4n) is 0.510. The highest BCUT2D eigenvalue weighted by molar-refractivity contribution is 5.98. The second-order valence-electron chi connectivity index (χ2n) is 3.92. The number of carboxylic acids is 1. The van der Waals surface area contributed by atoms with Gasteiger partial charge in [0, 0.05) is 0 Å². The van der Waals surface area contributed by atoms with Crippen LogP contribution >= 0.6 is 0 Å². The number of esters is 1. The SMILES string of the molecule is CC(C)COC(=O)C(C)(C)C(=O)O. The molecule has 0 bridgehead atoms. The van der Waals surface area contributed by atoms with Gasteiger partial charge in [0.05, 0.1) is 6.61 Å². The lowest BCUT2D eigenvalue weighted by Crippen LogP contribution is -2.35. The summed E-state index contributed by atoms with van der Waals surface area (Å²) in [5.41, 5.74) is -1.45. The van der Waals surface area contributed by atoms with Crippen LogP contribution in [0.2, 0.25) is 0 Å². The van der Waals surface area contributed by atoms with Crippen molar-refractivity contribution < 1.29 is 19.4 Å². The minimum atomic E-state index is -1.45. The molecular formula is C9H16O4. The molecule has 0 aliphatic rings. The zero-order valence-electron chi connectivity index (χ0n) is 8.46. The van der Waals surface area contributed by atoms with Gasteiger partial charge in [-0.15, -0.1) is 0 Å². The average Bonchev–Trinajstić information content (AvgIpc) is 1.99. The molecule has 0 saturated heterocycles. The molecule has 1 N–H and O–H groups in total. The molecule has 4 nitrogen and oxygen atoms in total. The molecule has 0 spiro atoms. The van der Waals surface area contributed by atoms with Crippen LogP contribution in [0.25, 0.3) is 0 Å². The highest BCUT2D eigenvalue weighted by atomic mass is 16.5. The van der Waals surface area contributed by atoms with E-state index in [1.165, 1.54) is 13.8 Å². The van der Waals surface area contributed by atoms with Gasteiger partial charge in [-0.2, -0.15) is 0 Å². The van der Waals surface area contributed by atoms with E-state index >= 15 is 0 Å². The van der Waals surface area contributed by atoms with Crippen molar-refractivity contribution in [2.24, 2.45) is 11.3 Å². The third kappa shape index (κ3) is 3.44. The molecule has 0 heterocycles. The molecule has 0 saturated carbocycles. The van der Waals surface area contributed by atoms with E-state index in [0.717, 1.165) is 0 Å². The molecule has 0 aliphatic heterocycles. The Labute approximate surface area is 77.9 Å². The quantitative estimate of drug-likeness (QED) is 0.533. The molecule has 0 rings (SSSR count). The fraction of sp³-hybridized carbons (Fsp3) is 0.778. The second-order valence-corrected chi connectivity index (χ2v) is 3.92. The summed E-state index contributed by atoms with van der Waals surface area (Å²) in [5.74, 6) is -1.64. The first kappa shape index (κ1) is 11.9. The van der Waals surface area contributed by atoms with Crippen LogP contribution in [-0.2, 0) is 14.3 Å². The van der Waals surface area contributed by atoms with Gasteiger partial charge >= 0.3 is 11.9 Å². The lowest BCUT2D eigenvalue weighted by Gasteiger charge is -2.18. The number of carbonyl (C=O) groups is 2. The largest absolute Gasteiger partial charge is 0.480 e. The van der Waals surface area contributed by atoms with Gasteiger partial charge in [0.25, 0.3) is 0 Å². The van der Waals surface area contributed by atoms with Crippen LogP contribution in [0.4, 0.5) is 0 Å². The van der Waals surface area contributed by atoms with Gasteiger partial charge in [-0.25, -0.2) is 0 Å². The average molecular weight is 188 g/mol. The molecular weight excluding hydrogens is 172 g/mol. The Morgan fingerprint density at radius 2 is 1.85 bits per heavy atom. The van der Waals surface area contributed by atoms with Gasteiger partial charge in [0.15, 0.2) is 5.41 Å². The Morgan fingerprint density at radius 3 is 2.15 bits per heavy atom. The molecule has 4 heteroatoms. The first-order chi connectivity index (χ1) is 5.78. The molecule has 0 aliphatic carbocycles. The third-order valence-electron chi connectivity index (χ3n) is 1.59. The smallest absolute Gasteiger partial charge is 0.322 e. The lowest BCUT2D eigenvalue weighted by atomic mass is 9.94. The van der Waals surface area contributed by atoms with E-state index in [0.29, 0.717) is 0 Å². The zero-order chi connectivity index (χ0) is 10.6. The molecule has 0 radical (unpaired) electrons. The topological polar surface area (TPSA) is 63.6 Å². The summed E-state index contributed by atoms with van der Waals surface area (Å²) in [6.07, 6.45) is 0. The molecule has 0 aromatic heterocycles. The predicted molar refractivity (Wildman–Crippen MR) is 47.2 cm³/mol. The number of rotatable bonds is 4. The summed E-state index contributed by atoms with van der Waals surface area (Å²) in [6, 6.07) is 0. The standard InChI is InChI=1S/C9H16O4/c1-6(2)5-13-8(12)9(3,4)7(10)11/h6H,5H2,1-4H3,(H,10,11). The van der Waals surface area contributed by atoms with Gasteiger partial charge < -0.3 is 9.84 Å². The number of hydrogen-bond donors (Lipinski definition) is 1. The van der Waals surface area contributed by atoms with Crippen molar-refractivity contribution in [3.8, 4) is 0 Å². The van der Waals surface area contributed by atoms with Crippen LogP contribution in [0.3, 0.4) is 0 Å². The maximum absolute atomic E-state index is 11.2. The van der Waals surface area contributed by atoms with Gasteiger partial charge in [0.2, 0.25) is 0 Å². The highest BCUT2D eigenvalue weighted by Gasteiger charge is 2.37. The Morgan fingerprint density at radius 1 is 1.38 bits per heavy atom. The summed E-state index contributed by atoms with van der Waals surface area (Å²) < 4.78 is 4.81. The lowest BCUT2D eigenvalue weighted by molar-refractivity contribution is -0.166. The maximum Gasteiger partial charge on any atom is 0.322 e. The number of hydrogen-bond acceptors (Lipinski definition) is 3. The number of aliphatic carboxylic acids is 1. The summed E-state index contributed by atoms with van der Waals surface area (Å²) in [4.78, 5) is 21.8. The normalized spacial score (nSPS) is 11.5. The van der Waals surface area contributed by atoms with Crippen molar-refractivity contribution in [3.63, 3.8) is 0 Å². The predicted octanol–water partition coefficient (Wildman–Crippen LogP) is 1.30. The number of carboxylic acid groups (broad SMARTS) is 1. The monoisotopic (exact) mass is 188 g/mol. The molecule has 0 atom stereocenters. The van der Waals surface area contributed by atoms with E-state index < -0.39 is 17.4 Å². The number of ether oxygens (including phenoxy) is 1. The fourth-order valence-corrected chi connectivity index (χ4v) is 0.510. The van der Waals surface area contributed by atoms with E-state index in [9.17, 15) is 9.59 Å². The van der Waals surface area contributed by atoms with Gasteiger partial charge in [0.1, 0.15) is 0 Å². The van der Waals surface area contributed by atoms with Crippen molar-refractivity contribution in [1.29, 1.82) is 0 Å². The molecule has 76 valence electrons. The van der Waals surface area contributed by atoms with E-state index in [4.69, 9.17) is 9.84 Å². The molecule has 0 unspecified atom stereocenters. The van der Waals surface area contributed by atoms with Crippen molar-refractivity contribution in [2.45, 2.75) is 27.7 Å². The van der Waals surface area contributed by atoms with E-state index in [1.807, 2.05) is 13.8 Å². The third-order valence-corrected chi connectivity index (χ3v) is 1.59. The van der Waals surface area contributed by atoms with E-state index in [1.54, 1.807) is 0 Å². The van der Waals surface area contributed by atoms with Crippen LogP contribution < -0.4 is 0 Å². The highest BCUT2D eigenvalue weighted by Crippen LogP contribution is 2.17. The Hall–Kier alpha value is -1.06. The van der Waals surface area contributed by atoms with E-state index in [2.05, 4.69) is 0 Å². The van der Waals surface area contributed by atoms with E-state index in [-0.39, 0.29) is 12.5 Å². The summed E-state index contributed by atoms with van der Waals surface area (Å²) in [6.45, 7) is 6.70. The van der Waals surface area contributed by atoms with Crippen molar-refractivity contribution in [2.75, 3.05) is 6.61 Å². The molecule has 0 fully saturated rings. The summed E-state index contributed by atoms with van der Waals surface area (Å²) in [7, 11) is 0. The second kappa shape index (κ2) is 4.25. The first-order valence-electron chi connectivity index (χ1n) is 4.19. The molecule has 0 aromatic carbocycles. The van der Waals surface area contributed by atoms with Crippen molar-refractivity contribution in [3.05, 3.63) is 0 Å². The number of carbonyl (C=O) groups excluding carboxylic acids is 1. The van der Waals surface area contributed by atoms with Gasteiger partial charge in [-0.05, 0) is 19.8 Å². The van der Waals surface area contributed by atoms with Crippen LogP contribution in [0.15, 0.2) is 0 Å². The van der Waals surface area contributed by atoms with Crippen LogP contribution in [0.5, 0.6) is 0 Å². The van der Waals surface area contributed by atoms with Gasteiger partial charge in [-0.1, -0.05) is 13.8 Å². The molecule has 0 amide bonds. The Balaban J connectivity index is 4.18. The maximum atomic E-state index is 11.2. The molecule has 13 heavy (non-hydrogen) atoms. The minimum Gasteiger partial charge on any atom is -0.480 e. The van der Waals surface area contributed by atoms with Crippen LogP contribution in [-0.4, -0.2) is 23.7 Å². The Bertz CT molecular complexity index is 206. The van der Waals surface area contributed by atoms with Crippen molar-refractivity contribution in [1.82, 2.24) is 0 Å². The Kier molecular flexibility index (Phi) is 3.91. The minimum absolute atomic E-state index is 0.216. The van der Waals surface area contributed by atoms with Crippen molar-refractivity contribution >= 4 is 11.9 Å². The molecule has 0 aromatic rings. The van der Waals surface area contributed by atoms with Gasteiger partial charge in [-0.3, -0.25) is 9.59 Å². The summed E-state index contributed by atoms with van der Waals surface area (Å²) in [5, 5.41) is 8.68. The zero-order valence-corrected chi connectivity index (χ0v) is 8.46. The van der Waals surface area contributed by atoms with Crippen LogP contribution in [0, 0.1) is 11.3 Å². The first-order valence-corrected chi connectivity index (χ1v) is 4.19. The van der Waals surface area contributed by atoms with Crippen LogP contribution in [0.1, 0.15) is 27.7 Å².